The molecule has 21 rings (SSSR count). The maximum absolute atomic E-state index is 2.71. The lowest BCUT2D eigenvalue weighted by Crippen LogP contribution is -2.22. The number of hydrogen-bond acceptors (Lipinski definition) is 0. The van der Waals surface area contributed by atoms with Crippen LogP contribution in [-0.2, 0) is 21.7 Å². The van der Waals surface area contributed by atoms with Gasteiger partial charge in [-0.1, -0.05) is 260 Å². The Bertz CT molecular complexity index is 5700. The summed E-state index contributed by atoms with van der Waals surface area (Å²) >= 11 is 0. The van der Waals surface area contributed by atoms with Gasteiger partial charge in [0.2, 0.25) is 0 Å². The molecule has 0 atom stereocenters. The first-order valence-electron chi connectivity index (χ1n) is 36.6. The highest BCUT2D eigenvalue weighted by Crippen LogP contribution is 2.64. The van der Waals surface area contributed by atoms with Gasteiger partial charge in [0.25, 0.3) is 0 Å². The van der Waals surface area contributed by atoms with E-state index < -0.39 is 0 Å². The molecule has 2 heterocycles. The van der Waals surface area contributed by atoms with Crippen molar-refractivity contribution >= 4 is 67.9 Å². The molecular weight excluding hydrogens is 1210 g/mol. The number of fused-ring (bicyclic) bond motifs is 22. The van der Waals surface area contributed by atoms with E-state index in [-0.39, 0.29) is 21.7 Å². The van der Waals surface area contributed by atoms with Crippen LogP contribution in [0.2, 0.25) is 0 Å². The molecular formula is C98H76N2. The van der Waals surface area contributed by atoms with Gasteiger partial charge in [0, 0.05) is 54.6 Å². The van der Waals surface area contributed by atoms with Crippen molar-refractivity contribution in [1.82, 2.24) is 9.13 Å². The molecule has 2 saturated carbocycles. The minimum Gasteiger partial charge on any atom is -0.309 e. The Labute approximate surface area is 585 Å². The highest BCUT2D eigenvalue weighted by Gasteiger charge is 2.50. The lowest BCUT2D eigenvalue weighted by atomic mass is 9.74. The van der Waals surface area contributed by atoms with Gasteiger partial charge < -0.3 is 9.13 Å². The third kappa shape index (κ3) is 8.25. The van der Waals surface area contributed by atoms with Gasteiger partial charge in [0.05, 0.1) is 22.1 Å². The van der Waals surface area contributed by atoms with Gasteiger partial charge in [-0.2, -0.15) is 0 Å². The molecule has 0 amide bonds. The van der Waals surface area contributed by atoms with Crippen molar-refractivity contribution in [2.75, 3.05) is 0 Å². The quantitative estimate of drug-likeness (QED) is 0.134. The van der Waals surface area contributed by atoms with Crippen LogP contribution in [0.3, 0.4) is 0 Å². The van der Waals surface area contributed by atoms with E-state index in [9.17, 15) is 0 Å². The van der Waals surface area contributed by atoms with E-state index in [1.54, 1.807) is 22.3 Å². The molecule has 6 aliphatic rings. The molecule has 0 bridgehead atoms. The smallest absolute Gasteiger partial charge is 0.0541 e. The Kier molecular flexibility index (Phi) is 12.3. The van der Waals surface area contributed by atoms with Crippen molar-refractivity contribution in [2.24, 2.45) is 0 Å². The van der Waals surface area contributed by atoms with E-state index in [0.717, 1.165) is 0 Å². The fraction of sp³-hybridized carbons (Fsp3) is 0.163. The van der Waals surface area contributed by atoms with Crippen LogP contribution < -0.4 is 0 Å². The zero-order valence-electron chi connectivity index (χ0n) is 57.3. The third-order valence-corrected chi connectivity index (χ3v) is 25.2. The van der Waals surface area contributed by atoms with E-state index in [0.29, 0.717) is 0 Å². The minimum atomic E-state index is -0.0626. The molecule has 2 fully saturated rings. The van der Waals surface area contributed by atoms with Gasteiger partial charge in [-0.15, -0.1) is 0 Å². The summed E-state index contributed by atoms with van der Waals surface area (Å²) in [5.41, 5.74) is 40.4. The van der Waals surface area contributed by atoms with E-state index in [2.05, 4.69) is 328 Å². The summed E-state index contributed by atoms with van der Waals surface area (Å²) in [4.78, 5) is 0. The number of rotatable bonds is 8. The Morgan fingerprint density at radius 3 is 1.01 bits per heavy atom. The van der Waals surface area contributed by atoms with Crippen molar-refractivity contribution in [3.05, 3.63) is 334 Å². The lowest BCUT2D eigenvalue weighted by molar-refractivity contribution is 0.544. The molecule has 2 spiro atoms. The normalized spacial score (nSPS) is 16.5. The third-order valence-electron chi connectivity index (χ3n) is 25.2. The van der Waals surface area contributed by atoms with Gasteiger partial charge >= 0.3 is 0 Å². The van der Waals surface area contributed by atoms with Crippen molar-refractivity contribution in [3.63, 3.8) is 0 Å². The standard InChI is InChI=1S/C98H76N2/c1-95(2)83-21-9-5-17-71(83)73-45-41-69(57-85(73)95)99-91-23-11-7-19-77(91)81-53-63(33-47-93(81)99)27-25-61-29-35-65(36-30-61)67-39-43-75-79-59-90-80(60-89(79)97(87(75)55-67)49-13-14-50-97)76-44-40-68(56-88(76)98(90)51-15-16-52-98)66-37-31-62(32-38-66)26-28-64-34-48-94-82(54-64)78-20-8-12-24-92(78)100(94)70-42-46-74-72-18-6-10-22-84(72)96(3,4)86(74)58-70/h5-12,17-48,53-60H,13-16,49-52H2,1-4H3. The predicted octanol–water partition coefficient (Wildman–Crippen LogP) is 25.8. The van der Waals surface area contributed by atoms with Gasteiger partial charge in [0.15, 0.2) is 0 Å². The highest BCUT2D eigenvalue weighted by atomic mass is 15.0. The van der Waals surface area contributed by atoms with Gasteiger partial charge in [-0.3, -0.25) is 0 Å². The first-order valence-corrected chi connectivity index (χ1v) is 36.6. The second-order valence-corrected chi connectivity index (χ2v) is 31.0. The van der Waals surface area contributed by atoms with E-state index in [1.165, 1.54) is 218 Å². The van der Waals surface area contributed by atoms with Crippen LogP contribution in [0.15, 0.2) is 267 Å². The van der Waals surface area contributed by atoms with Crippen LogP contribution >= 0.6 is 0 Å². The van der Waals surface area contributed by atoms with Gasteiger partial charge in [0.1, 0.15) is 0 Å². The maximum Gasteiger partial charge on any atom is 0.0541 e. The second-order valence-electron chi connectivity index (χ2n) is 31.0. The molecule has 0 radical (unpaired) electrons. The first-order chi connectivity index (χ1) is 49.0. The first kappa shape index (κ1) is 58.0. The number of nitrogens with zero attached hydrogens (tertiary/aromatic N) is 2. The van der Waals surface area contributed by atoms with Crippen LogP contribution in [0.1, 0.15) is 146 Å². The molecule has 2 aromatic heterocycles. The van der Waals surface area contributed by atoms with Crippen molar-refractivity contribution in [2.45, 2.75) is 101 Å². The summed E-state index contributed by atoms with van der Waals surface area (Å²) in [7, 11) is 0. The van der Waals surface area contributed by atoms with Crippen LogP contribution in [0.5, 0.6) is 0 Å². The largest absolute Gasteiger partial charge is 0.309 e. The van der Waals surface area contributed by atoms with Gasteiger partial charge in [-0.25, -0.2) is 0 Å². The molecule has 15 aromatic rings. The fourth-order valence-corrected chi connectivity index (χ4v) is 20.2. The number of hydrogen-bond donors (Lipinski definition) is 0. The van der Waals surface area contributed by atoms with Crippen LogP contribution in [-0.4, -0.2) is 9.13 Å². The van der Waals surface area contributed by atoms with E-state index in [4.69, 9.17) is 0 Å². The Morgan fingerprint density at radius 2 is 0.570 bits per heavy atom. The lowest BCUT2D eigenvalue weighted by Gasteiger charge is -2.29. The molecule has 0 unspecified atom stereocenters. The Balaban J connectivity index is 0.541. The molecule has 0 aliphatic heterocycles. The zero-order chi connectivity index (χ0) is 66.4. The van der Waals surface area contributed by atoms with Crippen molar-refractivity contribution < 1.29 is 0 Å². The predicted molar refractivity (Wildman–Crippen MR) is 421 cm³/mol. The van der Waals surface area contributed by atoms with E-state index in [1.807, 2.05) is 0 Å². The second kappa shape index (κ2) is 21.2. The molecule has 100 heavy (non-hydrogen) atoms. The summed E-state index contributed by atoms with van der Waals surface area (Å²) in [6, 6.07) is 103. The SMILES string of the molecule is CC1(C)c2ccccc2-c2ccc(-n3c4ccccc4c4cc(C=Cc5ccc(-c6ccc7c(c6)C6(CCCC6)c6cc8c(cc6-7)C6(CCCC6)c6cc(-c7ccc(C=Cc9ccc%10c(c9)c9ccccc9n%10-c9ccc%10c(c9)C(C)(C)c9ccccc9-%10)cc7)ccc6-8)cc5)ccc43)cc21. The highest BCUT2D eigenvalue weighted by molar-refractivity contribution is 6.11. The number of aromatic nitrogens is 2. The summed E-state index contributed by atoms with van der Waals surface area (Å²) < 4.78 is 4.93. The Hall–Kier alpha value is -11.1. The summed E-state index contributed by atoms with van der Waals surface area (Å²) in [6.07, 6.45) is 19.0. The van der Waals surface area contributed by atoms with Gasteiger partial charge in [-0.05, 0) is 244 Å². The summed E-state index contributed by atoms with van der Waals surface area (Å²) in [5, 5.41) is 5.09. The maximum atomic E-state index is 2.71. The molecule has 6 aliphatic carbocycles. The molecule has 2 heteroatoms. The molecule has 13 aromatic carbocycles. The topological polar surface area (TPSA) is 9.86 Å². The molecule has 0 N–H and O–H groups in total. The zero-order valence-corrected chi connectivity index (χ0v) is 57.3. The average molecular weight is 1280 g/mol. The molecule has 478 valence electrons. The van der Waals surface area contributed by atoms with Crippen LogP contribution in [0.25, 0.3) is 146 Å². The van der Waals surface area contributed by atoms with Crippen LogP contribution in [0.4, 0.5) is 0 Å². The van der Waals surface area contributed by atoms with Crippen LogP contribution in [0, 0.1) is 0 Å². The average Bonchev–Trinajstić information content (AvgIpc) is 1.53. The van der Waals surface area contributed by atoms with Crippen molar-refractivity contribution in [3.8, 4) is 78.1 Å². The van der Waals surface area contributed by atoms with Crippen molar-refractivity contribution in [1.29, 1.82) is 0 Å². The minimum absolute atomic E-state index is 0.0419. The molecule has 2 nitrogen and oxygen atoms in total. The number of benzene rings is 13. The Morgan fingerprint density at radius 1 is 0.240 bits per heavy atom. The fourth-order valence-electron chi connectivity index (χ4n) is 20.2. The monoisotopic (exact) mass is 1280 g/mol. The van der Waals surface area contributed by atoms with E-state index >= 15 is 0 Å². The summed E-state index contributed by atoms with van der Waals surface area (Å²) in [5.74, 6) is 0. The number of para-hydroxylation sites is 2. The summed E-state index contributed by atoms with van der Waals surface area (Å²) in [6.45, 7) is 9.47. The molecule has 0 saturated heterocycles.